The van der Waals surface area contributed by atoms with Gasteiger partial charge in [-0.05, 0) is 44.4 Å². The SMILES string of the molecule is COc1ccc(C(C)(C)C(=O)NC2CC(O)C2)cc1. The van der Waals surface area contributed by atoms with Crippen molar-refractivity contribution in [2.45, 2.75) is 44.2 Å². The van der Waals surface area contributed by atoms with E-state index in [9.17, 15) is 9.90 Å². The van der Waals surface area contributed by atoms with Crippen molar-refractivity contribution in [3.05, 3.63) is 29.8 Å². The first kappa shape index (κ1) is 13.9. The van der Waals surface area contributed by atoms with Gasteiger partial charge in [-0.25, -0.2) is 0 Å². The van der Waals surface area contributed by atoms with Crippen LogP contribution in [0.5, 0.6) is 5.75 Å². The second kappa shape index (κ2) is 5.21. The molecule has 0 saturated heterocycles. The van der Waals surface area contributed by atoms with Gasteiger partial charge in [0, 0.05) is 6.04 Å². The monoisotopic (exact) mass is 263 g/mol. The smallest absolute Gasteiger partial charge is 0.230 e. The van der Waals surface area contributed by atoms with Gasteiger partial charge < -0.3 is 15.2 Å². The molecule has 0 aliphatic heterocycles. The molecule has 0 unspecified atom stereocenters. The molecular weight excluding hydrogens is 242 g/mol. The Labute approximate surface area is 113 Å². The molecule has 1 fully saturated rings. The van der Waals surface area contributed by atoms with E-state index in [1.54, 1.807) is 7.11 Å². The second-order valence-corrected chi connectivity index (χ2v) is 5.65. The number of amides is 1. The van der Waals surface area contributed by atoms with E-state index in [0.717, 1.165) is 11.3 Å². The van der Waals surface area contributed by atoms with Gasteiger partial charge in [0.15, 0.2) is 0 Å². The Kier molecular flexibility index (Phi) is 3.80. The summed E-state index contributed by atoms with van der Waals surface area (Å²) in [6.07, 6.45) is 1.06. The molecule has 4 nitrogen and oxygen atoms in total. The Hall–Kier alpha value is -1.55. The number of aliphatic hydroxyl groups excluding tert-OH is 1. The van der Waals surface area contributed by atoms with Crippen molar-refractivity contribution in [1.82, 2.24) is 5.32 Å². The van der Waals surface area contributed by atoms with E-state index in [1.807, 2.05) is 38.1 Å². The van der Waals surface area contributed by atoms with E-state index < -0.39 is 5.41 Å². The maximum atomic E-state index is 12.3. The summed E-state index contributed by atoms with van der Waals surface area (Å²) >= 11 is 0. The lowest BCUT2D eigenvalue weighted by Crippen LogP contribution is -2.51. The van der Waals surface area contributed by atoms with E-state index in [-0.39, 0.29) is 18.1 Å². The molecule has 1 aliphatic carbocycles. The lowest BCUT2D eigenvalue weighted by molar-refractivity contribution is -0.127. The fourth-order valence-electron chi connectivity index (χ4n) is 2.21. The van der Waals surface area contributed by atoms with E-state index in [4.69, 9.17) is 4.74 Å². The lowest BCUT2D eigenvalue weighted by atomic mass is 9.82. The summed E-state index contributed by atoms with van der Waals surface area (Å²) in [6, 6.07) is 7.65. The van der Waals surface area contributed by atoms with Crippen LogP contribution in [0.4, 0.5) is 0 Å². The van der Waals surface area contributed by atoms with Gasteiger partial charge >= 0.3 is 0 Å². The van der Waals surface area contributed by atoms with Crippen LogP contribution < -0.4 is 10.1 Å². The molecule has 0 atom stereocenters. The minimum atomic E-state index is -0.590. The Morgan fingerprint density at radius 3 is 2.37 bits per heavy atom. The number of aliphatic hydroxyl groups is 1. The van der Waals surface area contributed by atoms with Gasteiger partial charge in [0.2, 0.25) is 5.91 Å². The van der Waals surface area contributed by atoms with Gasteiger partial charge in [-0.3, -0.25) is 4.79 Å². The van der Waals surface area contributed by atoms with Crippen LogP contribution in [-0.2, 0) is 10.2 Å². The highest BCUT2D eigenvalue weighted by Gasteiger charge is 2.35. The first-order valence-electron chi connectivity index (χ1n) is 6.57. The third-order valence-corrected chi connectivity index (χ3v) is 3.83. The summed E-state index contributed by atoms with van der Waals surface area (Å²) in [7, 11) is 1.62. The number of nitrogens with one attached hydrogen (secondary N) is 1. The third kappa shape index (κ3) is 2.89. The van der Waals surface area contributed by atoms with Crippen LogP contribution in [0, 0.1) is 0 Å². The van der Waals surface area contributed by atoms with Crippen LogP contribution >= 0.6 is 0 Å². The Bertz CT molecular complexity index is 447. The molecule has 1 aromatic rings. The molecule has 0 spiro atoms. The van der Waals surface area contributed by atoms with E-state index >= 15 is 0 Å². The first-order valence-corrected chi connectivity index (χ1v) is 6.57. The van der Waals surface area contributed by atoms with Crippen LogP contribution in [0.25, 0.3) is 0 Å². The van der Waals surface area contributed by atoms with E-state index in [2.05, 4.69) is 5.32 Å². The fraction of sp³-hybridized carbons (Fsp3) is 0.533. The number of carbonyl (C=O) groups excluding carboxylic acids is 1. The van der Waals surface area contributed by atoms with Crippen molar-refractivity contribution in [2.75, 3.05) is 7.11 Å². The summed E-state index contributed by atoms with van der Waals surface area (Å²) in [5.74, 6) is 0.775. The van der Waals surface area contributed by atoms with Crippen molar-refractivity contribution in [3.8, 4) is 5.75 Å². The number of hydrogen-bond donors (Lipinski definition) is 2. The number of ether oxygens (including phenoxy) is 1. The molecule has 2 rings (SSSR count). The molecule has 4 heteroatoms. The molecule has 1 aromatic carbocycles. The Balaban J connectivity index is 2.04. The van der Waals surface area contributed by atoms with Gasteiger partial charge in [0.05, 0.1) is 18.6 Å². The topological polar surface area (TPSA) is 58.6 Å². The minimum Gasteiger partial charge on any atom is -0.497 e. The fourth-order valence-corrected chi connectivity index (χ4v) is 2.21. The molecule has 1 saturated carbocycles. The summed E-state index contributed by atoms with van der Waals surface area (Å²) in [4.78, 5) is 12.3. The predicted molar refractivity (Wildman–Crippen MR) is 73.2 cm³/mol. The average molecular weight is 263 g/mol. The minimum absolute atomic E-state index is 0.00503. The maximum absolute atomic E-state index is 12.3. The zero-order chi connectivity index (χ0) is 14.0. The molecule has 0 aromatic heterocycles. The normalized spacial score (nSPS) is 22.5. The molecule has 0 heterocycles. The van der Waals surface area contributed by atoms with Gasteiger partial charge in [-0.15, -0.1) is 0 Å². The number of benzene rings is 1. The third-order valence-electron chi connectivity index (χ3n) is 3.83. The molecular formula is C15H21NO3. The largest absolute Gasteiger partial charge is 0.497 e. The summed E-state index contributed by atoms with van der Waals surface area (Å²) in [6.45, 7) is 3.80. The zero-order valence-corrected chi connectivity index (χ0v) is 11.6. The Morgan fingerprint density at radius 2 is 1.89 bits per heavy atom. The molecule has 0 bridgehead atoms. The van der Waals surface area contributed by atoms with Crippen LogP contribution in [-0.4, -0.2) is 30.3 Å². The van der Waals surface area contributed by atoms with E-state index in [1.165, 1.54) is 0 Å². The molecule has 19 heavy (non-hydrogen) atoms. The van der Waals surface area contributed by atoms with Gasteiger partial charge in [0.25, 0.3) is 0 Å². The number of rotatable bonds is 4. The van der Waals surface area contributed by atoms with Crippen molar-refractivity contribution in [3.63, 3.8) is 0 Å². The summed E-state index contributed by atoms with van der Waals surface area (Å²) < 4.78 is 5.12. The number of methoxy groups -OCH3 is 1. The second-order valence-electron chi connectivity index (χ2n) is 5.65. The maximum Gasteiger partial charge on any atom is 0.230 e. The highest BCUT2D eigenvalue weighted by molar-refractivity contribution is 5.87. The molecule has 1 amide bonds. The predicted octanol–water partition coefficient (Wildman–Crippen LogP) is 1.61. The molecule has 2 N–H and O–H groups in total. The Morgan fingerprint density at radius 1 is 1.32 bits per heavy atom. The van der Waals surface area contributed by atoms with Crippen molar-refractivity contribution in [1.29, 1.82) is 0 Å². The van der Waals surface area contributed by atoms with Gasteiger partial charge in [-0.2, -0.15) is 0 Å². The lowest BCUT2D eigenvalue weighted by Gasteiger charge is -2.35. The van der Waals surface area contributed by atoms with Crippen molar-refractivity contribution < 1.29 is 14.6 Å². The first-order chi connectivity index (χ1) is 8.93. The zero-order valence-electron chi connectivity index (χ0n) is 11.6. The highest BCUT2D eigenvalue weighted by Crippen LogP contribution is 2.27. The summed E-state index contributed by atoms with van der Waals surface area (Å²) in [5, 5.41) is 12.2. The van der Waals surface area contributed by atoms with Crippen molar-refractivity contribution >= 4 is 5.91 Å². The van der Waals surface area contributed by atoms with Crippen LogP contribution in [0.15, 0.2) is 24.3 Å². The molecule has 0 radical (unpaired) electrons. The quantitative estimate of drug-likeness (QED) is 0.867. The standard InChI is InChI=1S/C15H21NO3/c1-15(2,10-4-6-13(19-3)7-5-10)14(18)16-11-8-12(17)9-11/h4-7,11-12,17H,8-9H2,1-3H3,(H,16,18). The van der Waals surface area contributed by atoms with Crippen LogP contribution in [0.1, 0.15) is 32.3 Å². The molecule has 1 aliphatic rings. The van der Waals surface area contributed by atoms with Crippen LogP contribution in [0.2, 0.25) is 0 Å². The van der Waals surface area contributed by atoms with Gasteiger partial charge in [0.1, 0.15) is 5.75 Å². The highest BCUT2D eigenvalue weighted by atomic mass is 16.5. The van der Waals surface area contributed by atoms with Crippen LogP contribution in [0.3, 0.4) is 0 Å². The number of carbonyl (C=O) groups is 1. The average Bonchev–Trinajstić information content (AvgIpc) is 2.36. The summed E-state index contributed by atoms with van der Waals surface area (Å²) in [5.41, 5.74) is 0.359. The van der Waals surface area contributed by atoms with E-state index in [0.29, 0.717) is 12.8 Å². The van der Waals surface area contributed by atoms with Gasteiger partial charge in [-0.1, -0.05) is 12.1 Å². The van der Waals surface area contributed by atoms with Crippen molar-refractivity contribution in [2.24, 2.45) is 0 Å². The number of hydrogen-bond acceptors (Lipinski definition) is 3. The molecule has 104 valence electrons.